The lowest BCUT2D eigenvalue weighted by molar-refractivity contribution is -0.136. The quantitative estimate of drug-likeness (QED) is 0.462. The van der Waals surface area contributed by atoms with Crippen LogP contribution in [-0.4, -0.2) is 12.2 Å². The molecule has 1 heteroatoms. The highest BCUT2D eigenvalue weighted by Crippen LogP contribution is 2.37. The summed E-state index contributed by atoms with van der Waals surface area (Å²) in [5, 5.41) is 0. The van der Waals surface area contributed by atoms with E-state index >= 15 is 0 Å². The standard InChI is InChI=1S/C18H32O/c1-6-8-9-10-11-12-13-18-16(5)14(3)15(4)17(7-2)19-18/h1,14-18H,7-13H2,2-5H3. The largest absolute Gasteiger partial charge is 0.374 e. The second kappa shape index (κ2) is 8.64. The van der Waals surface area contributed by atoms with Crippen LogP contribution in [0.2, 0.25) is 0 Å². The molecule has 0 aliphatic carbocycles. The van der Waals surface area contributed by atoms with Gasteiger partial charge in [-0.25, -0.2) is 0 Å². The van der Waals surface area contributed by atoms with Gasteiger partial charge in [-0.2, -0.15) is 0 Å². The fourth-order valence-electron chi connectivity index (χ4n) is 3.35. The summed E-state index contributed by atoms with van der Waals surface area (Å²) in [6.45, 7) is 9.38. The SMILES string of the molecule is C#CCCCCCCC1OC(CC)C(C)C(C)C1C. The zero-order valence-corrected chi connectivity index (χ0v) is 13.3. The molecule has 1 rings (SSSR count). The lowest BCUT2D eigenvalue weighted by Gasteiger charge is -2.44. The van der Waals surface area contributed by atoms with Crippen LogP contribution in [0.3, 0.4) is 0 Å². The third kappa shape index (κ3) is 4.84. The van der Waals surface area contributed by atoms with Gasteiger partial charge >= 0.3 is 0 Å². The normalized spacial score (nSPS) is 35.0. The average Bonchev–Trinajstić information content (AvgIpc) is 2.42. The minimum Gasteiger partial charge on any atom is -0.374 e. The highest BCUT2D eigenvalue weighted by molar-refractivity contribution is 4.85. The van der Waals surface area contributed by atoms with E-state index < -0.39 is 0 Å². The summed E-state index contributed by atoms with van der Waals surface area (Å²) in [6, 6.07) is 0. The van der Waals surface area contributed by atoms with Gasteiger partial charge in [-0.15, -0.1) is 12.3 Å². The van der Waals surface area contributed by atoms with Crippen LogP contribution in [0.4, 0.5) is 0 Å². The van der Waals surface area contributed by atoms with Crippen molar-refractivity contribution in [3.05, 3.63) is 0 Å². The van der Waals surface area contributed by atoms with Crippen molar-refractivity contribution in [3.63, 3.8) is 0 Å². The van der Waals surface area contributed by atoms with Crippen molar-refractivity contribution in [1.82, 2.24) is 0 Å². The van der Waals surface area contributed by atoms with Gasteiger partial charge in [0.1, 0.15) is 0 Å². The highest BCUT2D eigenvalue weighted by atomic mass is 16.5. The van der Waals surface area contributed by atoms with E-state index in [-0.39, 0.29) is 0 Å². The van der Waals surface area contributed by atoms with E-state index in [0.717, 1.165) is 18.8 Å². The first-order valence-corrected chi connectivity index (χ1v) is 8.20. The van der Waals surface area contributed by atoms with Crippen molar-refractivity contribution in [2.75, 3.05) is 0 Å². The van der Waals surface area contributed by atoms with Gasteiger partial charge in [-0.1, -0.05) is 47.0 Å². The average molecular weight is 264 g/mol. The van der Waals surface area contributed by atoms with E-state index in [4.69, 9.17) is 11.2 Å². The van der Waals surface area contributed by atoms with Crippen LogP contribution < -0.4 is 0 Å². The molecule has 0 N–H and O–H groups in total. The maximum Gasteiger partial charge on any atom is 0.0607 e. The zero-order valence-electron chi connectivity index (χ0n) is 13.3. The van der Waals surface area contributed by atoms with E-state index in [1.54, 1.807) is 0 Å². The molecule has 1 fully saturated rings. The minimum atomic E-state index is 0.470. The summed E-state index contributed by atoms with van der Waals surface area (Å²) in [4.78, 5) is 0. The maximum atomic E-state index is 6.33. The van der Waals surface area contributed by atoms with Crippen LogP contribution >= 0.6 is 0 Å². The van der Waals surface area contributed by atoms with Gasteiger partial charge in [0.25, 0.3) is 0 Å². The molecular formula is C18H32O. The molecule has 1 nitrogen and oxygen atoms in total. The Morgan fingerprint density at radius 1 is 0.895 bits per heavy atom. The fraction of sp³-hybridized carbons (Fsp3) is 0.889. The summed E-state index contributed by atoms with van der Waals surface area (Å²) in [5.41, 5.74) is 0. The second-order valence-corrected chi connectivity index (χ2v) is 6.36. The van der Waals surface area contributed by atoms with Gasteiger partial charge in [0.2, 0.25) is 0 Å². The molecule has 19 heavy (non-hydrogen) atoms. The van der Waals surface area contributed by atoms with Gasteiger partial charge in [0, 0.05) is 6.42 Å². The molecule has 1 saturated heterocycles. The molecule has 1 heterocycles. The van der Waals surface area contributed by atoms with E-state index in [0.29, 0.717) is 24.0 Å². The topological polar surface area (TPSA) is 9.23 Å². The van der Waals surface area contributed by atoms with Crippen molar-refractivity contribution < 1.29 is 4.74 Å². The Bertz CT molecular complexity index is 276. The lowest BCUT2D eigenvalue weighted by atomic mass is 9.75. The second-order valence-electron chi connectivity index (χ2n) is 6.36. The van der Waals surface area contributed by atoms with Gasteiger partial charge in [-0.3, -0.25) is 0 Å². The Balaban J connectivity index is 2.30. The number of hydrogen-bond acceptors (Lipinski definition) is 1. The van der Waals surface area contributed by atoms with Gasteiger partial charge < -0.3 is 4.74 Å². The first kappa shape index (κ1) is 16.6. The van der Waals surface area contributed by atoms with Crippen LogP contribution in [0.25, 0.3) is 0 Å². The Kier molecular flexibility index (Phi) is 7.54. The molecule has 0 spiro atoms. The molecule has 0 saturated carbocycles. The molecule has 0 aromatic rings. The molecule has 0 amide bonds. The van der Waals surface area contributed by atoms with Crippen LogP contribution in [0.1, 0.15) is 72.6 Å². The van der Waals surface area contributed by atoms with E-state index in [1.165, 1.54) is 32.1 Å². The molecule has 1 aliphatic heterocycles. The molecule has 1 aliphatic rings. The first-order chi connectivity index (χ1) is 9.11. The lowest BCUT2D eigenvalue weighted by Crippen LogP contribution is -2.44. The Hall–Kier alpha value is -0.480. The van der Waals surface area contributed by atoms with Crippen molar-refractivity contribution >= 4 is 0 Å². The van der Waals surface area contributed by atoms with Crippen molar-refractivity contribution in [1.29, 1.82) is 0 Å². The molecule has 0 bridgehead atoms. The van der Waals surface area contributed by atoms with Gasteiger partial charge in [0.15, 0.2) is 0 Å². The van der Waals surface area contributed by atoms with E-state index in [9.17, 15) is 0 Å². The molecular weight excluding hydrogens is 232 g/mol. The van der Waals surface area contributed by atoms with Crippen molar-refractivity contribution in [2.24, 2.45) is 17.8 Å². The van der Waals surface area contributed by atoms with Crippen LogP contribution in [0.15, 0.2) is 0 Å². The number of terminal acetylenes is 1. The maximum absolute atomic E-state index is 6.33. The number of hydrogen-bond donors (Lipinski definition) is 0. The van der Waals surface area contributed by atoms with E-state index in [2.05, 4.69) is 33.6 Å². The van der Waals surface area contributed by atoms with Crippen molar-refractivity contribution in [2.45, 2.75) is 84.8 Å². The first-order valence-electron chi connectivity index (χ1n) is 8.20. The summed E-state index contributed by atoms with van der Waals surface area (Å²) < 4.78 is 6.33. The van der Waals surface area contributed by atoms with Crippen LogP contribution in [0, 0.1) is 30.1 Å². The molecule has 0 aromatic heterocycles. The summed E-state index contributed by atoms with van der Waals surface area (Å²) in [7, 11) is 0. The van der Waals surface area contributed by atoms with E-state index in [1.807, 2.05) is 0 Å². The Morgan fingerprint density at radius 2 is 1.53 bits per heavy atom. The Labute approximate surface area is 120 Å². The van der Waals surface area contributed by atoms with Crippen molar-refractivity contribution in [3.8, 4) is 12.3 Å². The summed E-state index contributed by atoms with van der Waals surface area (Å²) >= 11 is 0. The molecule has 5 unspecified atom stereocenters. The smallest absolute Gasteiger partial charge is 0.0607 e. The third-order valence-electron chi connectivity index (χ3n) is 5.14. The van der Waals surface area contributed by atoms with Crippen LogP contribution in [0.5, 0.6) is 0 Å². The van der Waals surface area contributed by atoms with Gasteiger partial charge in [0.05, 0.1) is 12.2 Å². The monoisotopic (exact) mass is 264 g/mol. The predicted molar refractivity (Wildman–Crippen MR) is 83.0 cm³/mol. The zero-order chi connectivity index (χ0) is 14.3. The summed E-state index contributed by atoms with van der Waals surface area (Å²) in [6.07, 6.45) is 14.6. The molecule has 110 valence electrons. The molecule has 5 atom stereocenters. The fourth-order valence-corrected chi connectivity index (χ4v) is 3.35. The predicted octanol–water partition coefficient (Wildman–Crippen LogP) is 5.05. The number of unbranched alkanes of at least 4 members (excludes halogenated alkanes) is 4. The number of ether oxygens (including phenoxy) is 1. The minimum absolute atomic E-state index is 0.470. The van der Waals surface area contributed by atoms with Gasteiger partial charge in [-0.05, 0) is 37.0 Å². The third-order valence-corrected chi connectivity index (χ3v) is 5.14. The number of rotatable bonds is 7. The highest BCUT2D eigenvalue weighted by Gasteiger charge is 2.37. The Morgan fingerprint density at radius 3 is 2.16 bits per heavy atom. The summed E-state index contributed by atoms with van der Waals surface area (Å²) in [5.74, 6) is 4.90. The van der Waals surface area contributed by atoms with Crippen LogP contribution in [-0.2, 0) is 4.74 Å². The molecule has 0 radical (unpaired) electrons. The molecule has 0 aromatic carbocycles.